The second-order valence-electron chi connectivity index (χ2n) is 5.49. The molecule has 4 N–H and O–H groups in total. The number of carboxylic acids is 1. The van der Waals surface area contributed by atoms with E-state index in [1.165, 1.54) is 32.1 Å². The molecule has 0 saturated heterocycles. The normalized spacial score (nSPS) is 14.7. The maximum atomic E-state index is 10.9. The van der Waals surface area contributed by atoms with E-state index in [0.717, 1.165) is 25.7 Å². The van der Waals surface area contributed by atoms with Crippen molar-refractivity contribution in [3.8, 4) is 0 Å². The van der Waals surface area contributed by atoms with Crippen molar-refractivity contribution >= 4 is 13.6 Å². The van der Waals surface area contributed by atoms with Crippen molar-refractivity contribution in [1.82, 2.24) is 0 Å². The molecule has 132 valence electrons. The first-order chi connectivity index (χ1) is 10.3. The molecule has 0 aliphatic carbocycles. The Morgan fingerprint density at radius 1 is 0.955 bits per heavy atom. The van der Waals surface area contributed by atoms with Crippen LogP contribution in [0.15, 0.2) is 0 Å². The molecular formula is C14H29O7P. The van der Waals surface area contributed by atoms with Gasteiger partial charge in [-0.1, -0.05) is 64.7 Å². The lowest BCUT2D eigenvalue weighted by atomic mass is 10.1. The van der Waals surface area contributed by atoms with E-state index < -0.39 is 19.1 Å². The van der Waals surface area contributed by atoms with Crippen molar-refractivity contribution in [1.29, 1.82) is 0 Å². The Labute approximate surface area is 131 Å². The maximum Gasteiger partial charge on any atom is 0.396 e. The lowest BCUT2D eigenvalue weighted by Gasteiger charge is -2.23. The summed E-state index contributed by atoms with van der Waals surface area (Å²) < 4.78 is 15.5. The van der Waals surface area contributed by atoms with Crippen LogP contribution in [0.1, 0.15) is 71.1 Å². The smallest absolute Gasteiger partial charge is 0.396 e. The van der Waals surface area contributed by atoms with Crippen LogP contribution >= 0.6 is 7.60 Å². The summed E-state index contributed by atoms with van der Waals surface area (Å²) in [6.45, 7) is 1.98. The molecule has 0 aromatic rings. The van der Waals surface area contributed by atoms with Gasteiger partial charge in [-0.3, -0.25) is 4.57 Å². The minimum atomic E-state index is -5.29. The van der Waals surface area contributed by atoms with Gasteiger partial charge in [-0.2, -0.15) is 0 Å². The number of carboxylic acid groups (broad SMARTS) is 1. The molecule has 0 heterocycles. The molecule has 7 nitrogen and oxygen atoms in total. The third-order valence-corrected chi connectivity index (χ3v) is 4.58. The molecule has 0 bridgehead atoms. The zero-order valence-electron chi connectivity index (χ0n) is 13.2. The second kappa shape index (κ2) is 11.1. The molecule has 0 aromatic carbocycles. The summed E-state index contributed by atoms with van der Waals surface area (Å²) in [6, 6.07) is 0. The molecule has 0 fully saturated rings. The topological polar surface area (TPSA) is 124 Å². The summed E-state index contributed by atoms with van der Waals surface area (Å²) >= 11 is 0. The molecule has 0 amide bonds. The summed E-state index contributed by atoms with van der Waals surface area (Å²) in [5.74, 6) is -2.08. The van der Waals surface area contributed by atoms with Gasteiger partial charge in [0.15, 0.2) is 0 Å². The number of aliphatic carboxylic acids is 1. The van der Waals surface area contributed by atoms with Gasteiger partial charge in [0.25, 0.3) is 0 Å². The summed E-state index contributed by atoms with van der Waals surface area (Å²) in [5.41, 5.74) is -3.44. The Hall–Kier alpha value is -0.460. The number of aliphatic hydroxyl groups is 1. The van der Waals surface area contributed by atoms with Gasteiger partial charge in [-0.25, -0.2) is 4.79 Å². The Morgan fingerprint density at radius 3 is 1.73 bits per heavy atom. The Bertz CT molecular complexity index is 355. The van der Waals surface area contributed by atoms with Gasteiger partial charge in [0, 0.05) is 0 Å². The third kappa shape index (κ3) is 8.25. The fourth-order valence-electron chi connectivity index (χ4n) is 2.07. The fourth-order valence-corrected chi connectivity index (χ4v) is 2.58. The Kier molecular flexibility index (Phi) is 10.9. The van der Waals surface area contributed by atoms with Gasteiger partial charge < -0.3 is 24.7 Å². The standard InChI is InChI=1S/C14H29O7P/c1-2-3-4-5-6-7-8-9-10-11-12-21-14(17,13(15)16)22(18,19)20/h17H,2-12H2,1H3,(H,15,16)(H2,18,19,20). The van der Waals surface area contributed by atoms with Crippen molar-refractivity contribution in [2.45, 2.75) is 76.7 Å². The number of ether oxygens (including phenoxy) is 1. The average molecular weight is 340 g/mol. The van der Waals surface area contributed by atoms with Crippen LogP contribution in [-0.2, 0) is 14.1 Å². The number of unbranched alkanes of at least 4 members (excludes halogenated alkanes) is 9. The second-order valence-corrected chi connectivity index (χ2v) is 7.18. The van der Waals surface area contributed by atoms with Gasteiger partial charge in [0.05, 0.1) is 6.61 Å². The highest BCUT2D eigenvalue weighted by atomic mass is 31.2. The lowest BCUT2D eigenvalue weighted by Crippen LogP contribution is -2.41. The molecule has 8 heteroatoms. The quantitative estimate of drug-likeness (QED) is 0.218. The highest BCUT2D eigenvalue weighted by molar-refractivity contribution is 7.54. The van der Waals surface area contributed by atoms with Crippen LogP contribution in [0.2, 0.25) is 0 Å². The van der Waals surface area contributed by atoms with Crippen LogP contribution in [0, 0.1) is 0 Å². The maximum absolute atomic E-state index is 10.9. The highest BCUT2D eigenvalue weighted by Crippen LogP contribution is 2.49. The van der Waals surface area contributed by atoms with E-state index in [2.05, 4.69) is 11.7 Å². The van der Waals surface area contributed by atoms with Gasteiger partial charge in [-0.05, 0) is 6.42 Å². The predicted octanol–water partition coefficient (Wildman–Crippen LogP) is 2.83. The number of hydrogen-bond acceptors (Lipinski definition) is 4. The van der Waals surface area contributed by atoms with E-state index >= 15 is 0 Å². The molecule has 0 saturated carbocycles. The van der Waals surface area contributed by atoms with Crippen molar-refractivity contribution in [3.05, 3.63) is 0 Å². The van der Waals surface area contributed by atoms with Crippen LogP contribution in [0.3, 0.4) is 0 Å². The summed E-state index contributed by atoms with van der Waals surface area (Å²) in [5, 5.41) is 18.0. The van der Waals surface area contributed by atoms with Crippen LogP contribution in [-0.4, -0.2) is 38.1 Å². The van der Waals surface area contributed by atoms with E-state index in [-0.39, 0.29) is 6.61 Å². The van der Waals surface area contributed by atoms with E-state index in [9.17, 15) is 14.5 Å². The monoisotopic (exact) mass is 340 g/mol. The van der Waals surface area contributed by atoms with Gasteiger partial charge in [0.2, 0.25) is 0 Å². The van der Waals surface area contributed by atoms with Gasteiger partial charge >= 0.3 is 19.1 Å². The minimum Gasteiger partial charge on any atom is -0.477 e. The minimum absolute atomic E-state index is 0.204. The first-order valence-corrected chi connectivity index (χ1v) is 9.52. The largest absolute Gasteiger partial charge is 0.477 e. The molecule has 0 rings (SSSR count). The van der Waals surface area contributed by atoms with Crippen molar-refractivity contribution in [2.75, 3.05) is 6.61 Å². The third-order valence-electron chi connectivity index (χ3n) is 3.47. The fraction of sp³-hybridized carbons (Fsp3) is 0.929. The predicted molar refractivity (Wildman–Crippen MR) is 82.4 cm³/mol. The van der Waals surface area contributed by atoms with E-state index in [1.54, 1.807) is 0 Å². The van der Waals surface area contributed by atoms with Crippen molar-refractivity contribution in [3.63, 3.8) is 0 Å². The van der Waals surface area contributed by atoms with Crippen LogP contribution in [0.5, 0.6) is 0 Å². The Balaban J connectivity index is 3.68. The van der Waals surface area contributed by atoms with Crippen LogP contribution in [0.25, 0.3) is 0 Å². The molecule has 0 aliphatic rings. The molecule has 1 unspecified atom stereocenters. The Morgan fingerprint density at radius 2 is 1.36 bits per heavy atom. The first-order valence-electron chi connectivity index (χ1n) is 7.91. The summed E-state index contributed by atoms with van der Waals surface area (Å²) in [4.78, 5) is 28.4. The number of carbonyl (C=O) groups is 1. The summed E-state index contributed by atoms with van der Waals surface area (Å²) in [7, 11) is -5.29. The van der Waals surface area contributed by atoms with Crippen molar-refractivity contribution in [2.24, 2.45) is 0 Å². The average Bonchev–Trinajstić information content (AvgIpc) is 2.43. The molecule has 0 aliphatic heterocycles. The molecule has 0 spiro atoms. The zero-order valence-corrected chi connectivity index (χ0v) is 14.1. The van der Waals surface area contributed by atoms with Gasteiger partial charge in [-0.15, -0.1) is 0 Å². The molecule has 0 radical (unpaired) electrons. The SMILES string of the molecule is CCCCCCCCCCCCOC(O)(C(=O)O)P(=O)(O)O. The van der Waals surface area contributed by atoms with E-state index in [0.29, 0.717) is 6.42 Å². The first kappa shape index (κ1) is 21.5. The van der Waals surface area contributed by atoms with Crippen LogP contribution in [0.4, 0.5) is 0 Å². The van der Waals surface area contributed by atoms with Gasteiger partial charge in [0.1, 0.15) is 0 Å². The lowest BCUT2D eigenvalue weighted by molar-refractivity contribution is -0.196. The number of rotatable bonds is 14. The van der Waals surface area contributed by atoms with E-state index in [4.69, 9.17) is 14.9 Å². The molecule has 1 atom stereocenters. The summed E-state index contributed by atoms with van der Waals surface area (Å²) in [6.07, 6.45) is 10.7. The molecular weight excluding hydrogens is 311 g/mol. The van der Waals surface area contributed by atoms with Crippen LogP contribution < -0.4 is 0 Å². The highest BCUT2D eigenvalue weighted by Gasteiger charge is 2.54. The van der Waals surface area contributed by atoms with E-state index in [1.807, 2.05) is 0 Å². The zero-order chi connectivity index (χ0) is 17.1. The molecule has 22 heavy (non-hydrogen) atoms. The molecule has 0 aromatic heterocycles. The number of hydrogen-bond donors (Lipinski definition) is 4. The van der Waals surface area contributed by atoms with Crippen molar-refractivity contribution < 1.29 is 34.1 Å².